The number of methoxy groups -OCH3 is 2. The van der Waals surface area contributed by atoms with Gasteiger partial charge in [0.25, 0.3) is 5.56 Å². The van der Waals surface area contributed by atoms with Gasteiger partial charge in [0.1, 0.15) is 17.6 Å². The first kappa shape index (κ1) is 24.4. The number of aromatic amines is 1. The molecule has 5 rings (SSSR count). The Hall–Kier alpha value is -4.28. The summed E-state index contributed by atoms with van der Waals surface area (Å²) >= 11 is 0. The maximum absolute atomic E-state index is 13.6. The van der Waals surface area contributed by atoms with Gasteiger partial charge in [-0.25, -0.2) is 4.68 Å². The maximum atomic E-state index is 13.6. The molecule has 10 heteroatoms. The predicted molar refractivity (Wildman–Crippen MR) is 137 cm³/mol. The fourth-order valence-corrected chi connectivity index (χ4v) is 4.43. The summed E-state index contributed by atoms with van der Waals surface area (Å²) < 4.78 is 18.0. The molecule has 0 unspecified atom stereocenters. The standard InChI is InChI=1S/C27H28N6O4/c1-35-14-12-33-26(29-30-31-33)25(23-15-20-10-11-21(36-2)16-24(20)28-27(23)34)32(18-22-9-6-13-37-22)17-19-7-4-3-5-8-19/h3-11,13,15-16,25H,12,14,17-18H2,1-2H3,(H,28,34)/t25-/m0/s1. The van der Waals surface area contributed by atoms with Crippen LogP contribution < -0.4 is 10.3 Å². The zero-order valence-electron chi connectivity index (χ0n) is 20.7. The number of hydrogen-bond acceptors (Lipinski definition) is 8. The molecule has 37 heavy (non-hydrogen) atoms. The molecule has 5 aromatic rings. The van der Waals surface area contributed by atoms with E-state index in [1.807, 2.05) is 54.6 Å². The van der Waals surface area contributed by atoms with E-state index in [9.17, 15) is 4.79 Å². The molecule has 0 aliphatic heterocycles. The number of tetrazole rings is 1. The highest BCUT2D eigenvalue weighted by Gasteiger charge is 2.31. The molecule has 1 atom stereocenters. The van der Waals surface area contributed by atoms with E-state index >= 15 is 0 Å². The van der Waals surface area contributed by atoms with Crippen LogP contribution in [-0.4, -0.2) is 50.9 Å². The maximum Gasteiger partial charge on any atom is 0.253 e. The Bertz CT molecular complexity index is 1500. The van der Waals surface area contributed by atoms with Crippen LogP contribution in [0.4, 0.5) is 0 Å². The Morgan fingerprint density at radius 2 is 1.92 bits per heavy atom. The van der Waals surface area contributed by atoms with Gasteiger partial charge in [-0.3, -0.25) is 9.69 Å². The van der Waals surface area contributed by atoms with Crippen molar-refractivity contribution >= 4 is 10.9 Å². The molecule has 2 aromatic carbocycles. The average Bonchev–Trinajstić information content (AvgIpc) is 3.60. The van der Waals surface area contributed by atoms with E-state index < -0.39 is 6.04 Å². The van der Waals surface area contributed by atoms with Crippen LogP contribution in [0.1, 0.15) is 28.8 Å². The first-order chi connectivity index (χ1) is 18.2. The van der Waals surface area contributed by atoms with Gasteiger partial charge in [-0.05, 0) is 51.7 Å². The Labute approximate surface area is 213 Å². The topological polar surface area (TPSA) is 111 Å². The monoisotopic (exact) mass is 500 g/mol. The molecule has 3 heterocycles. The van der Waals surface area contributed by atoms with Crippen LogP contribution in [0.15, 0.2) is 82.2 Å². The van der Waals surface area contributed by atoms with Crippen molar-refractivity contribution in [3.05, 3.63) is 106 Å². The molecule has 0 saturated carbocycles. The molecule has 0 radical (unpaired) electrons. The van der Waals surface area contributed by atoms with Gasteiger partial charge in [-0.2, -0.15) is 0 Å². The third-order valence-electron chi connectivity index (χ3n) is 6.22. The van der Waals surface area contributed by atoms with Crippen molar-refractivity contribution in [2.75, 3.05) is 20.8 Å². The molecule has 0 saturated heterocycles. The average molecular weight is 501 g/mol. The van der Waals surface area contributed by atoms with Gasteiger partial charge >= 0.3 is 0 Å². The zero-order chi connectivity index (χ0) is 25.6. The normalized spacial score (nSPS) is 12.3. The van der Waals surface area contributed by atoms with Crippen LogP contribution in [0, 0.1) is 0 Å². The number of nitrogens with zero attached hydrogens (tertiary/aromatic N) is 5. The van der Waals surface area contributed by atoms with Crippen molar-refractivity contribution in [1.29, 1.82) is 0 Å². The molecular weight excluding hydrogens is 472 g/mol. The number of nitrogens with one attached hydrogen (secondary N) is 1. The lowest BCUT2D eigenvalue weighted by Crippen LogP contribution is -2.35. The quantitative estimate of drug-likeness (QED) is 0.293. The fraction of sp³-hybridized carbons (Fsp3) is 0.259. The largest absolute Gasteiger partial charge is 0.497 e. The minimum absolute atomic E-state index is 0.232. The van der Waals surface area contributed by atoms with Gasteiger partial charge in [0.2, 0.25) is 0 Å². The summed E-state index contributed by atoms with van der Waals surface area (Å²) in [5.41, 5.74) is 2.06. The van der Waals surface area contributed by atoms with Gasteiger partial charge in [-0.15, -0.1) is 5.10 Å². The molecule has 190 valence electrons. The van der Waals surface area contributed by atoms with E-state index in [1.165, 1.54) is 0 Å². The summed E-state index contributed by atoms with van der Waals surface area (Å²) in [6, 6.07) is 20.8. The molecule has 0 spiro atoms. The van der Waals surface area contributed by atoms with Crippen molar-refractivity contribution in [2.24, 2.45) is 0 Å². The Balaban J connectivity index is 1.67. The van der Waals surface area contributed by atoms with Crippen molar-refractivity contribution in [3.8, 4) is 5.75 Å². The number of H-pyrrole nitrogens is 1. The number of aromatic nitrogens is 5. The molecule has 0 fully saturated rings. The van der Waals surface area contributed by atoms with Crippen molar-refractivity contribution < 1.29 is 13.9 Å². The lowest BCUT2D eigenvalue weighted by atomic mass is 10.0. The van der Waals surface area contributed by atoms with E-state index in [2.05, 4.69) is 37.5 Å². The summed E-state index contributed by atoms with van der Waals surface area (Å²) in [5.74, 6) is 1.97. The number of hydrogen-bond donors (Lipinski definition) is 1. The third-order valence-corrected chi connectivity index (χ3v) is 6.22. The second kappa shape index (κ2) is 11.2. The van der Waals surface area contributed by atoms with Crippen LogP contribution in [0.2, 0.25) is 0 Å². The predicted octanol–water partition coefficient (Wildman–Crippen LogP) is 3.55. The van der Waals surface area contributed by atoms with Gasteiger partial charge in [0.15, 0.2) is 5.82 Å². The molecular formula is C27H28N6O4. The molecule has 0 bridgehead atoms. The van der Waals surface area contributed by atoms with E-state index in [-0.39, 0.29) is 5.56 Å². The van der Waals surface area contributed by atoms with Crippen molar-refractivity contribution in [1.82, 2.24) is 30.1 Å². The summed E-state index contributed by atoms with van der Waals surface area (Å²) in [5, 5.41) is 13.4. The number of fused-ring (bicyclic) bond motifs is 1. The molecule has 3 aromatic heterocycles. The number of furan rings is 1. The highest BCUT2D eigenvalue weighted by Crippen LogP contribution is 2.30. The number of pyridine rings is 1. The van der Waals surface area contributed by atoms with Crippen LogP contribution >= 0.6 is 0 Å². The van der Waals surface area contributed by atoms with Crippen LogP contribution in [0.25, 0.3) is 10.9 Å². The summed E-state index contributed by atoms with van der Waals surface area (Å²) in [7, 11) is 3.22. The number of ether oxygens (including phenoxy) is 2. The minimum atomic E-state index is -0.576. The first-order valence-electron chi connectivity index (χ1n) is 11.9. The van der Waals surface area contributed by atoms with Gasteiger partial charge < -0.3 is 18.9 Å². The van der Waals surface area contributed by atoms with Gasteiger partial charge in [-0.1, -0.05) is 30.3 Å². The molecule has 1 N–H and O–H groups in total. The number of rotatable bonds is 11. The molecule has 0 aliphatic rings. The Morgan fingerprint density at radius 1 is 1.05 bits per heavy atom. The fourth-order valence-electron chi connectivity index (χ4n) is 4.43. The summed E-state index contributed by atoms with van der Waals surface area (Å²) in [4.78, 5) is 18.8. The van der Waals surface area contributed by atoms with Crippen LogP contribution in [0.5, 0.6) is 5.75 Å². The van der Waals surface area contributed by atoms with Gasteiger partial charge in [0, 0.05) is 25.3 Å². The summed E-state index contributed by atoms with van der Waals surface area (Å²) in [6.45, 7) is 1.83. The Morgan fingerprint density at radius 3 is 2.68 bits per heavy atom. The smallest absolute Gasteiger partial charge is 0.253 e. The lowest BCUT2D eigenvalue weighted by Gasteiger charge is -2.30. The first-order valence-corrected chi connectivity index (χ1v) is 11.9. The zero-order valence-corrected chi connectivity index (χ0v) is 20.7. The van der Waals surface area contributed by atoms with Crippen LogP contribution in [0.3, 0.4) is 0 Å². The third kappa shape index (κ3) is 5.45. The lowest BCUT2D eigenvalue weighted by molar-refractivity contribution is 0.163. The van der Waals surface area contributed by atoms with Crippen molar-refractivity contribution in [3.63, 3.8) is 0 Å². The number of benzene rings is 2. The molecule has 10 nitrogen and oxygen atoms in total. The molecule has 0 amide bonds. The van der Waals surface area contributed by atoms with E-state index in [1.54, 1.807) is 25.2 Å². The minimum Gasteiger partial charge on any atom is -0.497 e. The SMILES string of the molecule is COCCn1nnnc1[C@H](c1cc2ccc(OC)cc2[nH]c1=O)N(Cc1ccccc1)Cc1ccco1. The Kier molecular flexibility index (Phi) is 7.38. The van der Waals surface area contributed by atoms with Crippen LogP contribution in [-0.2, 0) is 24.4 Å². The second-order valence-electron chi connectivity index (χ2n) is 8.63. The molecule has 0 aliphatic carbocycles. The van der Waals surface area contributed by atoms with Gasteiger partial charge in [0.05, 0.1) is 38.6 Å². The summed E-state index contributed by atoms with van der Waals surface area (Å²) in [6.07, 6.45) is 1.64. The highest BCUT2D eigenvalue weighted by atomic mass is 16.5. The van der Waals surface area contributed by atoms with Crippen molar-refractivity contribution in [2.45, 2.75) is 25.7 Å². The second-order valence-corrected chi connectivity index (χ2v) is 8.63. The van der Waals surface area contributed by atoms with E-state index in [4.69, 9.17) is 13.9 Å². The van der Waals surface area contributed by atoms with E-state index in [0.717, 1.165) is 16.7 Å². The highest BCUT2D eigenvalue weighted by molar-refractivity contribution is 5.80. The van der Waals surface area contributed by atoms with E-state index in [0.29, 0.717) is 48.9 Å².